The first-order valence-electron chi connectivity index (χ1n) is 11.4. The molecule has 4 rings (SSSR count). The molecular formula is C24H30FN7O. The molecule has 2 aromatic heterocycles. The number of nitrogens with one attached hydrogen (secondary N) is 1. The van der Waals surface area contributed by atoms with Crippen LogP contribution in [0.3, 0.4) is 0 Å². The quantitative estimate of drug-likeness (QED) is 0.507. The number of nitrogens with zero attached hydrogens (tertiary/aromatic N) is 5. The van der Waals surface area contributed by atoms with Crippen molar-refractivity contribution in [1.82, 2.24) is 24.8 Å². The van der Waals surface area contributed by atoms with E-state index in [0.29, 0.717) is 41.5 Å². The van der Waals surface area contributed by atoms with Gasteiger partial charge < -0.3 is 20.4 Å². The number of fused-ring (bicyclic) bond motifs is 1. The average Bonchev–Trinajstić information content (AvgIpc) is 3.14. The van der Waals surface area contributed by atoms with Crippen LogP contribution in [0.25, 0.3) is 11.0 Å². The van der Waals surface area contributed by atoms with Crippen LogP contribution >= 0.6 is 0 Å². The van der Waals surface area contributed by atoms with E-state index in [2.05, 4.69) is 40.1 Å². The lowest BCUT2D eigenvalue weighted by Crippen LogP contribution is -2.48. The number of hydrogen-bond donors (Lipinski definition) is 2. The molecule has 0 saturated carbocycles. The third-order valence-corrected chi connectivity index (χ3v) is 5.91. The normalized spacial score (nSPS) is 16.7. The fourth-order valence-corrected chi connectivity index (χ4v) is 4.15. The molecule has 33 heavy (non-hydrogen) atoms. The molecule has 1 fully saturated rings. The first-order valence-corrected chi connectivity index (χ1v) is 11.4. The molecule has 0 amide bonds. The van der Waals surface area contributed by atoms with Gasteiger partial charge in [0, 0.05) is 37.8 Å². The van der Waals surface area contributed by atoms with E-state index in [1.807, 2.05) is 6.07 Å². The molecule has 1 aromatic carbocycles. The maximum absolute atomic E-state index is 15.1. The lowest BCUT2D eigenvalue weighted by atomic mass is 10.1. The highest BCUT2D eigenvalue weighted by atomic mass is 19.1. The maximum atomic E-state index is 15.1. The van der Waals surface area contributed by atoms with Gasteiger partial charge in [-0.1, -0.05) is 25.5 Å². The largest absolute Gasteiger partial charge is 0.463 e. The van der Waals surface area contributed by atoms with E-state index in [9.17, 15) is 5.26 Å². The minimum absolute atomic E-state index is 0.161. The maximum Gasteiger partial charge on any atom is 0.320 e. The number of nitrogen functional groups attached to an aromatic ring is 1. The zero-order valence-electron chi connectivity index (χ0n) is 19.1. The molecule has 3 N–H and O–H groups in total. The van der Waals surface area contributed by atoms with Crippen LogP contribution < -0.4 is 15.8 Å². The number of nitrogens with two attached hydrogens (primary N) is 1. The average molecular weight is 452 g/mol. The van der Waals surface area contributed by atoms with E-state index in [1.54, 1.807) is 22.8 Å². The van der Waals surface area contributed by atoms with Crippen LogP contribution in [0, 0.1) is 17.1 Å². The van der Waals surface area contributed by atoms with E-state index >= 15 is 4.39 Å². The number of nitriles is 1. The number of rotatable bonds is 8. The van der Waals surface area contributed by atoms with Gasteiger partial charge in [-0.3, -0.25) is 4.90 Å². The van der Waals surface area contributed by atoms with Crippen molar-refractivity contribution < 1.29 is 9.13 Å². The Morgan fingerprint density at radius 3 is 2.88 bits per heavy atom. The van der Waals surface area contributed by atoms with Gasteiger partial charge in [-0.25, -0.2) is 4.39 Å². The molecule has 0 bridgehead atoms. The summed E-state index contributed by atoms with van der Waals surface area (Å²) < 4.78 is 22.3. The lowest BCUT2D eigenvalue weighted by Gasteiger charge is -2.31. The van der Waals surface area contributed by atoms with Crippen LogP contribution in [0.4, 0.5) is 10.2 Å². The molecule has 1 aliphatic heterocycles. The van der Waals surface area contributed by atoms with Crippen LogP contribution in [0.2, 0.25) is 0 Å². The van der Waals surface area contributed by atoms with Crippen molar-refractivity contribution >= 4 is 16.9 Å². The molecule has 1 atom stereocenters. The van der Waals surface area contributed by atoms with E-state index < -0.39 is 0 Å². The third kappa shape index (κ3) is 5.24. The molecule has 9 heteroatoms. The molecule has 1 unspecified atom stereocenters. The second-order valence-corrected chi connectivity index (χ2v) is 8.57. The summed E-state index contributed by atoms with van der Waals surface area (Å²) in [5.41, 5.74) is 8.32. The van der Waals surface area contributed by atoms with Gasteiger partial charge in [-0.15, -0.1) is 0 Å². The molecule has 174 valence electrons. The van der Waals surface area contributed by atoms with Crippen LogP contribution in [-0.2, 0) is 13.1 Å². The SMILES string of the molecule is CCCCOc1nc(N)c2cc(C#N)n(Cc3ccc(CN4CCNC(C)C4)cc3F)c2n1. The van der Waals surface area contributed by atoms with Crippen molar-refractivity contribution in [3.8, 4) is 12.1 Å². The second kappa shape index (κ2) is 10.1. The Hall–Kier alpha value is -3.22. The minimum atomic E-state index is -0.303. The number of unbranched alkanes of at least 4 members (excludes halogenated alkanes) is 1. The Bertz CT molecular complexity index is 1170. The summed E-state index contributed by atoms with van der Waals surface area (Å²) in [6, 6.07) is 9.71. The molecule has 0 aliphatic carbocycles. The zero-order valence-corrected chi connectivity index (χ0v) is 19.1. The van der Waals surface area contributed by atoms with E-state index in [1.165, 1.54) is 0 Å². The van der Waals surface area contributed by atoms with E-state index in [-0.39, 0.29) is 24.2 Å². The Kier molecular flexibility index (Phi) is 7.06. The van der Waals surface area contributed by atoms with E-state index in [0.717, 1.165) is 38.0 Å². The smallest absolute Gasteiger partial charge is 0.320 e. The summed E-state index contributed by atoms with van der Waals surface area (Å²) in [5, 5.41) is 13.6. The summed E-state index contributed by atoms with van der Waals surface area (Å²) in [4.78, 5) is 11.0. The Morgan fingerprint density at radius 2 is 2.15 bits per heavy atom. The molecule has 3 heterocycles. The molecule has 1 saturated heterocycles. The minimum Gasteiger partial charge on any atom is -0.463 e. The van der Waals surface area contributed by atoms with Gasteiger partial charge in [0.05, 0.1) is 18.5 Å². The Labute approximate surface area is 193 Å². The number of anilines is 1. The van der Waals surface area contributed by atoms with Gasteiger partial charge >= 0.3 is 6.01 Å². The molecule has 0 spiro atoms. The highest BCUT2D eigenvalue weighted by Gasteiger charge is 2.19. The highest BCUT2D eigenvalue weighted by molar-refractivity contribution is 5.88. The topological polar surface area (TPSA) is 105 Å². The standard InChI is InChI=1S/C24H30FN7O/c1-3-4-9-33-24-29-22(27)20-11-19(12-26)32(23(20)30-24)15-18-6-5-17(10-21(18)25)14-31-8-7-28-16(2)13-31/h5-6,10-11,16,28H,3-4,7-9,13-15H2,1-2H3,(H2,27,29,30). The fraction of sp³-hybridized carbons (Fsp3) is 0.458. The molecule has 3 aromatic rings. The second-order valence-electron chi connectivity index (χ2n) is 8.57. The van der Waals surface area contributed by atoms with Gasteiger partial charge in [0.1, 0.15) is 23.4 Å². The van der Waals surface area contributed by atoms with Crippen molar-refractivity contribution in [3.63, 3.8) is 0 Å². The highest BCUT2D eigenvalue weighted by Crippen LogP contribution is 2.26. The zero-order chi connectivity index (χ0) is 23.4. The Balaban J connectivity index is 1.59. The van der Waals surface area contributed by atoms with Crippen LogP contribution in [0.15, 0.2) is 24.3 Å². The monoisotopic (exact) mass is 451 g/mol. The Morgan fingerprint density at radius 1 is 1.30 bits per heavy atom. The predicted molar refractivity (Wildman–Crippen MR) is 125 cm³/mol. The number of piperazine rings is 1. The van der Waals surface area contributed by atoms with Gasteiger partial charge in [0.2, 0.25) is 0 Å². The first-order chi connectivity index (χ1) is 16.0. The van der Waals surface area contributed by atoms with Gasteiger partial charge in [0.15, 0.2) is 5.65 Å². The first kappa shape index (κ1) is 23.0. The van der Waals surface area contributed by atoms with Crippen molar-refractivity contribution in [3.05, 3.63) is 46.9 Å². The van der Waals surface area contributed by atoms with Gasteiger partial charge in [-0.2, -0.15) is 15.2 Å². The van der Waals surface area contributed by atoms with Gasteiger partial charge in [0.25, 0.3) is 0 Å². The van der Waals surface area contributed by atoms with Crippen molar-refractivity contribution in [2.45, 2.75) is 45.8 Å². The van der Waals surface area contributed by atoms with Crippen molar-refractivity contribution in [2.75, 3.05) is 32.0 Å². The van der Waals surface area contributed by atoms with Crippen LogP contribution in [-0.4, -0.2) is 51.7 Å². The lowest BCUT2D eigenvalue weighted by molar-refractivity contribution is 0.199. The number of hydrogen-bond acceptors (Lipinski definition) is 7. The summed E-state index contributed by atoms with van der Waals surface area (Å²) in [6.45, 7) is 8.39. The number of aromatic nitrogens is 3. The summed E-state index contributed by atoms with van der Waals surface area (Å²) in [7, 11) is 0. The summed E-state index contributed by atoms with van der Waals surface area (Å²) in [6.07, 6.45) is 1.85. The fourth-order valence-electron chi connectivity index (χ4n) is 4.15. The van der Waals surface area contributed by atoms with Crippen LogP contribution in [0.1, 0.15) is 43.5 Å². The van der Waals surface area contributed by atoms with Crippen molar-refractivity contribution in [1.29, 1.82) is 5.26 Å². The molecule has 8 nitrogen and oxygen atoms in total. The van der Waals surface area contributed by atoms with Gasteiger partial charge in [-0.05, 0) is 31.0 Å². The number of halogens is 1. The van der Waals surface area contributed by atoms with Crippen molar-refractivity contribution in [2.24, 2.45) is 0 Å². The van der Waals surface area contributed by atoms with Crippen LogP contribution in [0.5, 0.6) is 6.01 Å². The summed E-state index contributed by atoms with van der Waals surface area (Å²) in [5.74, 6) is -0.0642. The summed E-state index contributed by atoms with van der Waals surface area (Å²) >= 11 is 0. The third-order valence-electron chi connectivity index (χ3n) is 5.91. The predicted octanol–water partition coefficient (Wildman–Crippen LogP) is 3.05. The molecule has 0 radical (unpaired) electrons. The number of ether oxygens (including phenoxy) is 1. The molecular weight excluding hydrogens is 421 g/mol. The molecule has 1 aliphatic rings. The number of benzene rings is 1. The van der Waals surface area contributed by atoms with E-state index in [4.69, 9.17) is 10.5 Å².